The number of aryl methyl sites for hydroxylation is 2. The van der Waals surface area contributed by atoms with E-state index in [2.05, 4.69) is 33.0 Å². The molecule has 136 valence electrons. The van der Waals surface area contributed by atoms with Crippen molar-refractivity contribution in [2.45, 2.75) is 60.0 Å². The summed E-state index contributed by atoms with van der Waals surface area (Å²) in [6, 6.07) is 3.97. The summed E-state index contributed by atoms with van der Waals surface area (Å²) in [7, 11) is 0.432. The molecule has 0 saturated carbocycles. The van der Waals surface area contributed by atoms with Crippen molar-refractivity contribution in [2.24, 2.45) is 0 Å². The van der Waals surface area contributed by atoms with Crippen LogP contribution >= 0.6 is 7.26 Å². The summed E-state index contributed by atoms with van der Waals surface area (Å²) in [4.78, 5) is 13.2. The largest absolute Gasteiger partial charge is 0.497 e. The van der Waals surface area contributed by atoms with Crippen LogP contribution in [0.1, 0.15) is 51.7 Å². The van der Waals surface area contributed by atoms with E-state index in [1.807, 2.05) is 26.0 Å². The minimum absolute atomic E-state index is 0.170. The van der Waals surface area contributed by atoms with Crippen molar-refractivity contribution in [3.05, 3.63) is 23.3 Å². The van der Waals surface area contributed by atoms with Crippen molar-refractivity contribution in [2.75, 3.05) is 30.9 Å². The second-order valence-electron chi connectivity index (χ2n) is 6.60. The van der Waals surface area contributed by atoms with Gasteiger partial charge in [-0.15, -0.1) is 0 Å². The van der Waals surface area contributed by atoms with Crippen LogP contribution in [0.25, 0.3) is 0 Å². The molecule has 0 bridgehead atoms. The molecule has 0 saturated heterocycles. The second kappa shape index (κ2) is 9.42. The van der Waals surface area contributed by atoms with E-state index in [1.54, 1.807) is 7.11 Å². The molecule has 1 amide bonds. The number of amides is 1. The Morgan fingerprint density at radius 3 is 1.96 bits per heavy atom. The molecule has 0 fully saturated rings. The number of methoxy groups -OCH3 is 1. The molecule has 0 aliphatic heterocycles. The van der Waals surface area contributed by atoms with Crippen LogP contribution < -0.4 is 10.1 Å². The summed E-state index contributed by atoms with van der Waals surface area (Å²) in [6.45, 7) is 13.0. The van der Waals surface area contributed by atoms with Crippen molar-refractivity contribution in [1.82, 2.24) is 0 Å². The van der Waals surface area contributed by atoms with Crippen LogP contribution in [0.2, 0.25) is 0 Å². The SMILES string of the molecule is CCCC(C(=O)Nc1c(C)cc(OC)cc1C)[P+](CC)(CC)CC. The van der Waals surface area contributed by atoms with Gasteiger partial charge in [-0.25, -0.2) is 0 Å². The van der Waals surface area contributed by atoms with Crippen LogP contribution in [0.3, 0.4) is 0 Å². The zero-order valence-corrected chi connectivity index (χ0v) is 17.4. The van der Waals surface area contributed by atoms with E-state index in [-0.39, 0.29) is 11.6 Å². The van der Waals surface area contributed by atoms with Gasteiger partial charge in [-0.05, 0) is 64.3 Å². The Balaban J connectivity index is 3.14. The lowest BCUT2D eigenvalue weighted by Gasteiger charge is -2.32. The first-order chi connectivity index (χ1) is 11.4. The lowest BCUT2D eigenvalue weighted by molar-refractivity contribution is -0.116. The van der Waals surface area contributed by atoms with Gasteiger partial charge in [-0.2, -0.15) is 0 Å². The third-order valence-corrected chi connectivity index (χ3v) is 11.0. The zero-order chi connectivity index (χ0) is 18.3. The maximum atomic E-state index is 13.2. The summed E-state index contributed by atoms with van der Waals surface area (Å²) < 4.78 is 5.32. The predicted octanol–water partition coefficient (Wildman–Crippen LogP) is 5.50. The van der Waals surface area contributed by atoms with Crippen molar-refractivity contribution in [3.63, 3.8) is 0 Å². The highest BCUT2D eigenvalue weighted by molar-refractivity contribution is 7.77. The van der Waals surface area contributed by atoms with Crippen LogP contribution in [0, 0.1) is 13.8 Å². The Bertz CT molecular complexity index is 521. The summed E-state index contributed by atoms with van der Waals surface area (Å²) in [5.74, 6) is 1.05. The Morgan fingerprint density at radius 1 is 1.08 bits per heavy atom. The van der Waals surface area contributed by atoms with E-state index in [0.29, 0.717) is 0 Å². The normalized spacial score (nSPS) is 12.8. The number of hydrogen-bond donors (Lipinski definition) is 1. The maximum absolute atomic E-state index is 13.2. The average Bonchev–Trinajstić information content (AvgIpc) is 2.58. The van der Waals surface area contributed by atoms with E-state index in [9.17, 15) is 4.79 Å². The van der Waals surface area contributed by atoms with Gasteiger partial charge in [-0.1, -0.05) is 13.3 Å². The van der Waals surface area contributed by atoms with Crippen LogP contribution in [-0.4, -0.2) is 37.2 Å². The quantitative estimate of drug-likeness (QED) is 0.596. The number of nitrogens with one attached hydrogen (secondary N) is 1. The van der Waals surface area contributed by atoms with Crippen molar-refractivity contribution in [1.29, 1.82) is 0 Å². The molecule has 1 unspecified atom stereocenters. The maximum Gasteiger partial charge on any atom is 0.265 e. The Hall–Kier alpha value is -1.08. The molecule has 3 nitrogen and oxygen atoms in total. The third kappa shape index (κ3) is 4.51. The molecular weight excluding hydrogens is 317 g/mol. The van der Waals surface area contributed by atoms with Gasteiger partial charge in [0.2, 0.25) is 0 Å². The van der Waals surface area contributed by atoms with Gasteiger partial charge in [0, 0.05) is 12.9 Å². The van der Waals surface area contributed by atoms with E-state index in [1.165, 1.54) is 0 Å². The first-order valence-electron chi connectivity index (χ1n) is 9.20. The molecule has 24 heavy (non-hydrogen) atoms. The minimum Gasteiger partial charge on any atom is -0.497 e. The summed E-state index contributed by atoms with van der Waals surface area (Å²) >= 11 is 0. The number of benzene rings is 1. The van der Waals surface area contributed by atoms with Gasteiger partial charge < -0.3 is 10.1 Å². The predicted molar refractivity (Wildman–Crippen MR) is 108 cm³/mol. The standard InChI is InChI=1S/C20H34NO2P/c1-8-12-18(24(9-2,10-3)11-4)20(22)21-19-15(5)13-17(23-7)14-16(19)6/h13-14,18H,8-12H2,1-7H3/p+1. The van der Waals surface area contributed by atoms with E-state index < -0.39 is 7.26 Å². The highest BCUT2D eigenvalue weighted by Crippen LogP contribution is 2.63. The minimum atomic E-state index is -1.24. The smallest absolute Gasteiger partial charge is 0.265 e. The highest BCUT2D eigenvalue weighted by atomic mass is 31.2. The average molecular weight is 352 g/mol. The van der Waals surface area contributed by atoms with Gasteiger partial charge >= 0.3 is 0 Å². The van der Waals surface area contributed by atoms with Gasteiger partial charge in [-0.3, -0.25) is 4.79 Å². The molecule has 0 aliphatic carbocycles. The third-order valence-electron chi connectivity index (χ3n) is 5.41. The van der Waals surface area contributed by atoms with Gasteiger partial charge in [0.25, 0.3) is 5.91 Å². The molecule has 4 heteroatoms. The molecule has 0 heterocycles. The molecule has 0 aromatic heterocycles. The summed E-state index contributed by atoms with van der Waals surface area (Å²) in [5, 5.41) is 3.26. The van der Waals surface area contributed by atoms with E-state index >= 15 is 0 Å². The Morgan fingerprint density at radius 2 is 1.58 bits per heavy atom. The molecule has 1 aromatic carbocycles. The van der Waals surface area contributed by atoms with Crippen molar-refractivity contribution >= 4 is 18.9 Å². The Labute approximate surface area is 148 Å². The van der Waals surface area contributed by atoms with Gasteiger partial charge in [0.15, 0.2) is 0 Å². The van der Waals surface area contributed by atoms with Gasteiger partial charge in [0.05, 0.1) is 25.6 Å². The summed E-state index contributed by atoms with van der Waals surface area (Å²) in [5.41, 5.74) is 3.24. The molecule has 0 radical (unpaired) electrons. The van der Waals surface area contributed by atoms with E-state index in [4.69, 9.17) is 4.74 Å². The topological polar surface area (TPSA) is 38.3 Å². The molecule has 1 rings (SSSR count). The van der Waals surface area contributed by atoms with Crippen LogP contribution in [0.5, 0.6) is 5.75 Å². The van der Waals surface area contributed by atoms with Crippen LogP contribution in [-0.2, 0) is 4.79 Å². The molecule has 1 aromatic rings. The number of rotatable bonds is 9. The lowest BCUT2D eigenvalue weighted by Crippen LogP contribution is -2.33. The molecule has 1 N–H and O–H groups in total. The summed E-state index contributed by atoms with van der Waals surface area (Å²) in [6.07, 6.45) is 5.50. The second-order valence-corrected chi connectivity index (χ2v) is 11.6. The fourth-order valence-electron chi connectivity index (χ4n) is 3.70. The molecule has 1 atom stereocenters. The number of anilines is 1. The first kappa shape index (κ1) is 21.0. The molecule has 0 spiro atoms. The van der Waals surface area contributed by atoms with Crippen LogP contribution in [0.15, 0.2) is 12.1 Å². The fraction of sp³-hybridized carbons (Fsp3) is 0.650. The molecule has 0 aliphatic rings. The Kier molecular flexibility index (Phi) is 8.22. The van der Waals surface area contributed by atoms with Crippen molar-refractivity contribution in [3.8, 4) is 5.75 Å². The monoisotopic (exact) mass is 352 g/mol. The fourth-order valence-corrected chi connectivity index (χ4v) is 7.74. The first-order valence-corrected chi connectivity index (χ1v) is 11.6. The number of ether oxygens (including phenoxy) is 1. The number of carbonyl (C=O) groups is 1. The van der Waals surface area contributed by atoms with Gasteiger partial charge in [0.1, 0.15) is 11.4 Å². The van der Waals surface area contributed by atoms with Crippen LogP contribution in [0.4, 0.5) is 5.69 Å². The van der Waals surface area contributed by atoms with Crippen molar-refractivity contribution < 1.29 is 9.53 Å². The molecular formula is C20H35NO2P+. The lowest BCUT2D eigenvalue weighted by atomic mass is 10.1. The zero-order valence-electron chi connectivity index (χ0n) is 16.5. The highest BCUT2D eigenvalue weighted by Gasteiger charge is 2.45. The van der Waals surface area contributed by atoms with E-state index in [0.717, 1.165) is 53.9 Å². The number of carbonyl (C=O) groups excluding carboxylic acids is 1. The number of hydrogen-bond acceptors (Lipinski definition) is 2.